The molecule has 0 spiro atoms. The Morgan fingerprint density at radius 2 is 1.68 bits per heavy atom. The molecule has 0 bridgehead atoms. The van der Waals surface area contributed by atoms with Gasteiger partial charge in [-0.25, -0.2) is 18.0 Å². The van der Waals surface area contributed by atoms with Crippen molar-refractivity contribution in [3.8, 4) is 5.75 Å². The number of nitrogens with zero attached hydrogens (tertiary/aromatic N) is 1. The van der Waals surface area contributed by atoms with Gasteiger partial charge in [0.25, 0.3) is 0 Å². The molecule has 0 fully saturated rings. The lowest BCUT2D eigenvalue weighted by atomic mass is 10.1. The van der Waals surface area contributed by atoms with E-state index in [1.54, 1.807) is 12.1 Å². The number of ether oxygens (including phenoxy) is 3. The number of amides is 1. The number of methoxy groups -OCH3 is 3. The van der Waals surface area contributed by atoms with Gasteiger partial charge in [0.15, 0.2) is 0 Å². The Morgan fingerprint density at radius 1 is 1.00 bits per heavy atom. The molecular weight excluding hydrogens is 488 g/mol. The first-order valence-electron chi connectivity index (χ1n) is 9.93. The molecule has 0 saturated heterocycles. The SMILES string of the molecule is COC(=O)c1ccc(C(=O)OC)c(NC(=O)CCCN(c2ccc(OC)c(Cl)c2)S(C)(=O)=O)c1. The summed E-state index contributed by atoms with van der Waals surface area (Å²) in [5.41, 5.74) is 0.577. The molecular formula is C22H25ClN2O8S. The molecule has 2 aromatic rings. The van der Waals surface area contributed by atoms with Crippen LogP contribution in [0.2, 0.25) is 5.02 Å². The number of carbonyl (C=O) groups is 3. The molecule has 0 unspecified atom stereocenters. The van der Waals surface area contributed by atoms with E-state index in [9.17, 15) is 22.8 Å². The van der Waals surface area contributed by atoms with Crippen LogP contribution in [-0.4, -0.2) is 60.4 Å². The van der Waals surface area contributed by atoms with Gasteiger partial charge < -0.3 is 19.5 Å². The minimum absolute atomic E-state index is 0.000962. The lowest BCUT2D eigenvalue weighted by molar-refractivity contribution is -0.116. The lowest BCUT2D eigenvalue weighted by Crippen LogP contribution is -2.31. The molecule has 184 valence electrons. The van der Waals surface area contributed by atoms with Gasteiger partial charge in [0.05, 0.1) is 55.1 Å². The van der Waals surface area contributed by atoms with E-state index in [0.29, 0.717) is 11.4 Å². The molecule has 10 nitrogen and oxygen atoms in total. The summed E-state index contributed by atoms with van der Waals surface area (Å²) < 4.78 is 40.2. The van der Waals surface area contributed by atoms with Crippen LogP contribution in [0.4, 0.5) is 11.4 Å². The first kappa shape index (κ1) is 26.9. The summed E-state index contributed by atoms with van der Waals surface area (Å²) in [6.07, 6.45) is 1.14. The van der Waals surface area contributed by atoms with Crippen molar-refractivity contribution >= 4 is 50.8 Å². The van der Waals surface area contributed by atoms with Crippen LogP contribution < -0.4 is 14.4 Å². The van der Waals surface area contributed by atoms with Crippen molar-refractivity contribution in [2.24, 2.45) is 0 Å². The highest BCUT2D eigenvalue weighted by Crippen LogP contribution is 2.30. The number of esters is 2. The molecule has 1 N–H and O–H groups in total. The van der Waals surface area contributed by atoms with Gasteiger partial charge in [0, 0.05) is 13.0 Å². The number of halogens is 1. The fourth-order valence-corrected chi connectivity index (χ4v) is 4.28. The second-order valence-corrected chi connectivity index (χ2v) is 9.36. The molecule has 0 radical (unpaired) electrons. The molecule has 0 aliphatic rings. The Bertz CT molecular complexity index is 1180. The van der Waals surface area contributed by atoms with Crippen molar-refractivity contribution in [1.82, 2.24) is 0 Å². The second-order valence-electron chi connectivity index (χ2n) is 7.05. The minimum atomic E-state index is -3.66. The van der Waals surface area contributed by atoms with Crippen LogP contribution in [-0.2, 0) is 24.3 Å². The summed E-state index contributed by atoms with van der Waals surface area (Å²) >= 11 is 6.11. The van der Waals surface area contributed by atoms with E-state index in [1.165, 1.54) is 45.6 Å². The molecule has 2 rings (SSSR count). The molecule has 0 aliphatic carbocycles. The third-order valence-corrected chi connectivity index (χ3v) is 6.20. The van der Waals surface area contributed by atoms with Gasteiger partial charge in [0.1, 0.15) is 5.75 Å². The number of sulfonamides is 1. The summed E-state index contributed by atoms with van der Waals surface area (Å²) in [5.74, 6) is -1.44. The normalized spacial score (nSPS) is 10.9. The monoisotopic (exact) mass is 512 g/mol. The Morgan fingerprint density at radius 3 is 2.24 bits per heavy atom. The van der Waals surface area contributed by atoms with E-state index in [4.69, 9.17) is 21.1 Å². The number of carbonyl (C=O) groups excluding carboxylic acids is 3. The van der Waals surface area contributed by atoms with E-state index >= 15 is 0 Å². The van der Waals surface area contributed by atoms with Crippen molar-refractivity contribution in [2.75, 3.05) is 43.8 Å². The number of benzene rings is 2. The van der Waals surface area contributed by atoms with Crippen LogP contribution in [0.25, 0.3) is 0 Å². The summed E-state index contributed by atoms with van der Waals surface area (Å²) in [6, 6.07) is 8.57. The first-order chi connectivity index (χ1) is 16.0. The zero-order chi connectivity index (χ0) is 25.5. The van der Waals surface area contributed by atoms with Gasteiger partial charge in [-0.2, -0.15) is 0 Å². The zero-order valence-corrected chi connectivity index (χ0v) is 20.7. The van der Waals surface area contributed by atoms with Crippen molar-refractivity contribution in [3.63, 3.8) is 0 Å². The molecule has 0 saturated carbocycles. The molecule has 0 atom stereocenters. The van der Waals surface area contributed by atoms with Gasteiger partial charge in [-0.05, 0) is 42.8 Å². The maximum atomic E-state index is 12.5. The van der Waals surface area contributed by atoms with E-state index < -0.39 is 27.9 Å². The van der Waals surface area contributed by atoms with Gasteiger partial charge in [0.2, 0.25) is 15.9 Å². The number of rotatable bonds is 10. The number of nitrogens with one attached hydrogen (secondary N) is 1. The smallest absolute Gasteiger partial charge is 0.339 e. The highest BCUT2D eigenvalue weighted by molar-refractivity contribution is 7.92. The Kier molecular flexibility index (Phi) is 9.28. The maximum Gasteiger partial charge on any atom is 0.339 e. The maximum absolute atomic E-state index is 12.5. The molecule has 2 aromatic carbocycles. The Labute approximate surface area is 202 Å². The van der Waals surface area contributed by atoms with Gasteiger partial charge in [-0.1, -0.05) is 11.6 Å². The predicted octanol–water partition coefficient (Wildman–Crippen LogP) is 3.11. The standard InChI is InChI=1S/C22H25ClN2O8S/c1-31-19-10-8-15(13-17(19)23)25(34(4,29)30)11-5-6-20(26)24-18-12-14(21(27)32-2)7-9-16(18)22(28)33-3/h7-10,12-13H,5-6,11H2,1-4H3,(H,24,26). The molecule has 34 heavy (non-hydrogen) atoms. The lowest BCUT2D eigenvalue weighted by Gasteiger charge is -2.23. The molecule has 0 heterocycles. The zero-order valence-electron chi connectivity index (χ0n) is 19.1. The Hall–Kier alpha value is -3.31. The molecule has 1 amide bonds. The van der Waals surface area contributed by atoms with Crippen LogP contribution in [0.1, 0.15) is 33.6 Å². The van der Waals surface area contributed by atoms with Crippen molar-refractivity contribution in [1.29, 1.82) is 0 Å². The average Bonchev–Trinajstić information content (AvgIpc) is 2.79. The van der Waals surface area contributed by atoms with E-state index in [-0.39, 0.29) is 41.2 Å². The third-order valence-electron chi connectivity index (χ3n) is 4.71. The second kappa shape index (κ2) is 11.7. The van der Waals surface area contributed by atoms with Gasteiger partial charge in [-0.15, -0.1) is 0 Å². The quantitative estimate of drug-likeness (QED) is 0.481. The van der Waals surface area contributed by atoms with Crippen LogP contribution >= 0.6 is 11.6 Å². The number of hydrogen-bond acceptors (Lipinski definition) is 8. The summed E-state index contributed by atoms with van der Waals surface area (Å²) in [4.78, 5) is 36.4. The first-order valence-corrected chi connectivity index (χ1v) is 12.2. The highest BCUT2D eigenvalue weighted by atomic mass is 35.5. The molecule has 12 heteroatoms. The summed E-state index contributed by atoms with van der Waals surface area (Å²) in [6.45, 7) is 0.000962. The van der Waals surface area contributed by atoms with E-state index in [2.05, 4.69) is 10.1 Å². The van der Waals surface area contributed by atoms with Crippen molar-refractivity contribution in [2.45, 2.75) is 12.8 Å². The Balaban J connectivity index is 2.15. The predicted molar refractivity (Wildman–Crippen MR) is 127 cm³/mol. The van der Waals surface area contributed by atoms with E-state index in [0.717, 1.165) is 10.6 Å². The third kappa shape index (κ3) is 6.84. The van der Waals surface area contributed by atoms with Crippen molar-refractivity contribution in [3.05, 3.63) is 52.5 Å². The van der Waals surface area contributed by atoms with Crippen LogP contribution in [0.15, 0.2) is 36.4 Å². The minimum Gasteiger partial charge on any atom is -0.495 e. The summed E-state index contributed by atoms with van der Waals surface area (Å²) in [7, 11) is 0.178. The number of anilines is 2. The fraction of sp³-hybridized carbons (Fsp3) is 0.318. The molecule has 0 aromatic heterocycles. The largest absolute Gasteiger partial charge is 0.495 e. The molecule has 0 aliphatic heterocycles. The van der Waals surface area contributed by atoms with Crippen LogP contribution in [0.3, 0.4) is 0 Å². The van der Waals surface area contributed by atoms with Gasteiger partial charge >= 0.3 is 11.9 Å². The van der Waals surface area contributed by atoms with Crippen LogP contribution in [0.5, 0.6) is 5.75 Å². The summed E-state index contributed by atoms with van der Waals surface area (Å²) in [5, 5.41) is 2.81. The number of hydrogen-bond donors (Lipinski definition) is 1. The van der Waals surface area contributed by atoms with Crippen LogP contribution in [0, 0.1) is 0 Å². The fourth-order valence-electron chi connectivity index (χ4n) is 3.07. The van der Waals surface area contributed by atoms with Crippen molar-refractivity contribution < 1.29 is 37.0 Å². The van der Waals surface area contributed by atoms with Gasteiger partial charge in [-0.3, -0.25) is 9.10 Å². The van der Waals surface area contributed by atoms with E-state index in [1.807, 2.05) is 0 Å². The topological polar surface area (TPSA) is 128 Å². The average molecular weight is 513 g/mol. The highest BCUT2D eigenvalue weighted by Gasteiger charge is 2.20.